The van der Waals surface area contributed by atoms with Crippen LogP contribution in [-0.4, -0.2) is 51.6 Å². The van der Waals surface area contributed by atoms with Crippen molar-refractivity contribution in [2.24, 2.45) is 0 Å². The minimum atomic E-state index is -1.25. The van der Waals surface area contributed by atoms with Gasteiger partial charge in [-0.15, -0.1) is 0 Å². The molecule has 3 N–H and O–H groups in total. The fraction of sp³-hybridized carbons (Fsp3) is 0.224. The Labute approximate surface area is 369 Å². The Bertz CT molecular complexity index is 2660. The molecule has 0 spiro atoms. The van der Waals surface area contributed by atoms with Crippen LogP contribution in [0.5, 0.6) is 17.2 Å². The van der Waals surface area contributed by atoms with Crippen LogP contribution in [0, 0.1) is 20.8 Å². The molecule has 8 rings (SSSR count). The van der Waals surface area contributed by atoms with Crippen molar-refractivity contribution in [2.75, 3.05) is 11.9 Å². The zero-order valence-electron chi connectivity index (χ0n) is 34.3. The molecule has 1 aromatic heterocycles. The Balaban J connectivity index is 0.986. The minimum Gasteiger partial charge on any atom is -0.489 e. The lowest BCUT2D eigenvalue weighted by Gasteiger charge is -2.37. The number of aliphatic carboxylic acids is 1. The lowest BCUT2D eigenvalue weighted by molar-refractivity contribution is -0.142. The number of aromatic nitrogens is 1. The van der Waals surface area contributed by atoms with Crippen LogP contribution >= 0.6 is 23.2 Å². The molecule has 0 saturated carbocycles. The minimum absolute atomic E-state index is 0.0445. The van der Waals surface area contributed by atoms with Crippen molar-refractivity contribution in [2.45, 2.75) is 65.0 Å². The van der Waals surface area contributed by atoms with Crippen molar-refractivity contribution < 1.29 is 33.7 Å². The van der Waals surface area contributed by atoms with Crippen LogP contribution in [0.1, 0.15) is 50.7 Å². The Hall–Kier alpha value is -6.56. The van der Waals surface area contributed by atoms with Crippen LogP contribution in [0.25, 0.3) is 11.1 Å². The number of urea groups is 1. The number of carboxylic acids is 1. The summed E-state index contributed by atoms with van der Waals surface area (Å²) in [6, 6.07) is 30.8. The lowest BCUT2D eigenvalue weighted by Crippen LogP contribution is -2.56. The molecule has 0 saturated heterocycles. The van der Waals surface area contributed by atoms with E-state index in [9.17, 15) is 19.5 Å². The molecule has 11 nitrogen and oxygen atoms in total. The number of hydrogen-bond acceptors (Lipinski definition) is 7. The highest BCUT2D eigenvalue weighted by molar-refractivity contribution is 6.42. The predicted molar refractivity (Wildman–Crippen MR) is 238 cm³/mol. The number of pyridine rings is 1. The maximum Gasteiger partial charge on any atom is 0.326 e. The number of amides is 3. The second-order valence-electron chi connectivity index (χ2n) is 15.6. The van der Waals surface area contributed by atoms with Crippen molar-refractivity contribution in [3.05, 3.63) is 170 Å². The van der Waals surface area contributed by atoms with Gasteiger partial charge in [-0.2, -0.15) is 0 Å². The predicted octanol–water partition coefficient (Wildman–Crippen LogP) is 9.84. The van der Waals surface area contributed by atoms with Crippen molar-refractivity contribution in [3.8, 4) is 28.4 Å². The average Bonchev–Trinajstić information content (AvgIpc) is 3.26. The normalized spacial score (nSPS) is 15.9. The summed E-state index contributed by atoms with van der Waals surface area (Å²) in [6.45, 7) is 6.52. The number of aryl methyl sites for hydroxylation is 2. The van der Waals surface area contributed by atoms with Gasteiger partial charge in [0.25, 0.3) is 0 Å². The van der Waals surface area contributed by atoms with Crippen molar-refractivity contribution in [3.63, 3.8) is 0 Å². The molecule has 0 aliphatic carbocycles. The van der Waals surface area contributed by atoms with Crippen LogP contribution in [0.4, 0.5) is 10.5 Å². The molecule has 13 heteroatoms. The smallest absolute Gasteiger partial charge is 0.326 e. The summed E-state index contributed by atoms with van der Waals surface area (Å²) in [5, 5.41) is 16.9. The second-order valence-corrected chi connectivity index (χ2v) is 16.4. The van der Waals surface area contributed by atoms with Crippen LogP contribution in [0.2, 0.25) is 10.0 Å². The molecule has 2 aliphatic heterocycles. The molecule has 62 heavy (non-hydrogen) atoms. The van der Waals surface area contributed by atoms with Gasteiger partial charge in [-0.05, 0) is 125 Å². The topological polar surface area (TPSA) is 139 Å². The Morgan fingerprint density at radius 1 is 0.871 bits per heavy atom. The monoisotopic (exact) mass is 870 g/mol. The van der Waals surface area contributed by atoms with Gasteiger partial charge in [0.15, 0.2) is 17.6 Å². The first-order valence-corrected chi connectivity index (χ1v) is 20.9. The molecule has 1 unspecified atom stereocenters. The molecule has 0 radical (unpaired) electrons. The number of anilines is 1. The van der Waals surface area contributed by atoms with Crippen LogP contribution in [0.3, 0.4) is 0 Å². The molecular weight excluding hydrogens is 827 g/mol. The van der Waals surface area contributed by atoms with E-state index >= 15 is 0 Å². The standard InChI is InChI=1S/C49H44Cl2N4O7/c1-28-5-4-6-37(19-28)53-49(59)55-25-36-24-45-44(61-27-46(62-45)34-12-14-38(15-13-34)60-26-32-9-16-40(50)41(51)20-32)23-35(36)22-43(55)47(56)54-42(48(57)58)21-31-7-10-33(11-8-31)39-17-18-52-30(3)29(39)2/h4-20,23-24,42-43,46H,21-22,25-27H2,1-3H3,(H,53,59)(H,54,56)(H,57,58)/t42?,43-,46+/m0/s1. The number of ether oxygens (including phenoxy) is 3. The largest absolute Gasteiger partial charge is 0.489 e. The zero-order chi connectivity index (χ0) is 43.5. The van der Waals surface area contributed by atoms with E-state index < -0.39 is 36.1 Å². The summed E-state index contributed by atoms with van der Waals surface area (Å²) >= 11 is 12.2. The Morgan fingerprint density at radius 2 is 1.63 bits per heavy atom. The van der Waals surface area contributed by atoms with Gasteiger partial charge >= 0.3 is 12.0 Å². The molecule has 3 amide bonds. The highest BCUT2D eigenvalue weighted by atomic mass is 35.5. The molecule has 316 valence electrons. The van der Waals surface area contributed by atoms with Gasteiger partial charge in [-0.25, -0.2) is 9.59 Å². The van der Waals surface area contributed by atoms with E-state index in [1.807, 2.05) is 112 Å². The number of rotatable bonds is 11. The van der Waals surface area contributed by atoms with Gasteiger partial charge in [-0.1, -0.05) is 77.8 Å². The third-order valence-corrected chi connectivity index (χ3v) is 12.0. The van der Waals surface area contributed by atoms with E-state index in [1.165, 1.54) is 4.90 Å². The Kier molecular flexibility index (Phi) is 12.4. The van der Waals surface area contributed by atoms with E-state index in [0.717, 1.165) is 55.8 Å². The fourth-order valence-corrected chi connectivity index (χ4v) is 8.05. The molecular formula is C49H44Cl2N4O7. The third-order valence-electron chi connectivity index (χ3n) is 11.3. The lowest BCUT2D eigenvalue weighted by atomic mass is 9.92. The summed E-state index contributed by atoms with van der Waals surface area (Å²) in [5.74, 6) is -0.0737. The fourth-order valence-electron chi connectivity index (χ4n) is 7.73. The third kappa shape index (κ3) is 9.49. The van der Waals surface area contributed by atoms with Gasteiger partial charge in [-0.3, -0.25) is 9.78 Å². The van der Waals surface area contributed by atoms with E-state index in [4.69, 9.17) is 37.4 Å². The van der Waals surface area contributed by atoms with Gasteiger partial charge in [0.2, 0.25) is 5.91 Å². The van der Waals surface area contributed by atoms with Crippen molar-refractivity contribution >= 4 is 46.8 Å². The SMILES string of the molecule is Cc1cccc(NC(=O)N2Cc3cc4c(cc3C[C@H]2C(=O)NC(Cc2ccc(-c3ccnc(C)c3C)cc2)C(=O)O)OC[C@H](c2ccc(OCc3ccc(Cl)c(Cl)c3)cc2)O4)c1. The molecule has 0 fully saturated rings. The number of carbonyl (C=O) groups is 3. The van der Waals surface area contributed by atoms with Gasteiger partial charge in [0, 0.05) is 37.0 Å². The second kappa shape index (κ2) is 18.2. The Morgan fingerprint density at radius 3 is 2.37 bits per heavy atom. The number of halogens is 2. The summed E-state index contributed by atoms with van der Waals surface area (Å²) in [4.78, 5) is 46.7. The van der Waals surface area contributed by atoms with E-state index in [-0.39, 0.29) is 26.0 Å². The number of benzene rings is 5. The molecule has 0 bridgehead atoms. The summed E-state index contributed by atoms with van der Waals surface area (Å²) in [5.41, 5.74) is 9.62. The van der Waals surface area contributed by atoms with Gasteiger partial charge < -0.3 is 34.9 Å². The average molecular weight is 872 g/mol. The first kappa shape index (κ1) is 42.1. The van der Waals surface area contributed by atoms with Crippen molar-refractivity contribution in [1.29, 1.82) is 0 Å². The first-order chi connectivity index (χ1) is 29.9. The number of hydrogen-bond donors (Lipinski definition) is 3. The maximum atomic E-state index is 14.2. The van der Waals surface area contributed by atoms with Crippen LogP contribution in [0.15, 0.2) is 115 Å². The summed E-state index contributed by atoms with van der Waals surface area (Å²) in [6.07, 6.45) is 1.52. The highest BCUT2D eigenvalue weighted by Gasteiger charge is 2.38. The van der Waals surface area contributed by atoms with Crippen LogP contribution in [-0.2, 0) is 35.6 Å². The maximum absolute atomic E-state index is 14.2. The summed E-state index contributed by atoms with van der Waals surface area (Å²) in [7, 11) is 0. The number of carboxylic acid groups (broad SMARTS) is 1. The van der Waals surface area contributed by atoms with Gasteiger partial charge in [0.05, 0.1) is 10.0 Å². The number of nitrogens with one attached hydrogen (secondary N) is 2. The van der Waals surface area contributed by atoms with Crippen LogP contribution < -0.4 is 24.8 Å². The van der Waals surface area contributed by atoms with E-state index in [2.05, 4.69) is 15.6 Å². The molecule has 5 aromatic carbocycles. The number of nitrogens with zero attached hydrogens (tertiary/aromatic N) is 2. The van der Waals surface area contributed by atoms with E-state index in [1.54, 1.807) is 24.4 Å². The zero-order valence-corrected chi connectivity index (χ0v) is 35.8. The summed E-state index contributed by atoms with van der Waals surface area (Å²) < 4.78 is 18.7. The first-order valence-electron chi connectivity index (χ1n) is 20.2. The number of carbonyl (C=O) groups excluding carboxylic acids is 2. The molecule has 3 heterocycles. The quantitative estimate of drug-likeness (QED) is 0.117. The van der Waals surface area contributed by atoms with Gasteiger partial charge in [0.1, 0.15) is 31.0 Å². The van der Waals surface area contributed by atoms with Crippen molar-refractivity contribution in [1.82, 2.24) is 15.2 Å². The number of fused-ring (bicyclic) bond motifs is 2. The molecule has 6 aromatic rings. The highest BCUT2D eigenvalue weighted by Crippen LogP contribution is 2.41. The molecule has 3 atom stereocenters. The van der Waals surface area contributed by atoms with E-state index in [0.29, 0.717) is 39.6 Å². The molecule has 2 aliphatic rings.